The quantitative estimate of drug-likeness (QED) is 0.677. The van der Waals surface area contributed by atoms with Crippen LogP contribution in [0.4, 0.5) is 0 Å². The molecule has 0 aliphatic carbocycles. The molecule has 0 spiro atoms. The first-order valence-corrected chi connectivity index (χ1v) is 8.27. The van der Waals surface area contributed by atoms with Crippen LogP contribution in [0, 0.1) is 0 Å². The van der Waals surface area contributed by atoms with Crippen LogP contribution < -0.4 is 11.0 Å². The largest absolute Gasteiger partial charge is 0.461 e. The van der Waals surface area contributed by atoms with Gasteiger partial charge in [0, 0.05) is 11.1 Å². The highest BCUT2D eigenvalue weighted by Gasteiger charge is 2.20. The van der Waals surface area contributed by atoms with Gasteiger partial charge in [-0.2, -0.15) is 4.68 Å². The molecule has 3 rings (SSSR count). The highest BCUT2D eigenvalue weighted by molar-refractivity contribution is 6.30. The van der Waals surface area contributed by atoms with Crippen LogP contribution in [0.15, 0.2) is 51.9 Å². The number of halogens is 1. The summed E-state index contributed by atoms with van der Waals surface area (Å²) in [7, 11) is 0. The summed E-state index contributed by atoms with van der Waals surface area (Å²) in [5, 5.41) is 16.5. The molecule has 1 atom stereocenters. The molecular formula is C17H17ClN4O4. The van der Waals surface area contributed by atoms with Gasteiger partial charge in [-0.3, -0.25) is 9.36 Å². The fourth-order valence-electron chi connectivity index (χ4n) is 2.39. The molecule has 2 aromatic heterocycles. The van der Waals surface area contributed by atoms with Gasteiger partial charge in [0.25, 0.3) is 0 Å². The lowest BCUT2D eigenvalue weighted by Crippen LogP contribution is -2.39. The van der Waals surface area contributed by atoms with Crippen molar-refractivity contribution in [1.29, 1.82) is 0 Å². The van der Waals surface area contributed by atoms with E-state index in [9.17, 15) is 9.59 Å². The molecular weight excluding hydrogens is 360 g/mol. The Morgan fingerprint density at radius 2 is 2.08 bits per heavy atom. The molecule has 0 bridgehead atoms. The average molecular weight is 377 g/mol. The Bertz CT molecular complexity index is 944. The van der Waals surface area contributed by atoms with E-state index in [1.165, 1.54) is 15.5 Å². The second-order valence-electron chi connectivity index (χ2n) is 5.71. The molecule has 3 aromatic rings. The van der Waals surface area contributed by atoms with Crippen molar-refractivity contribution in [2.75, 3.05) is 6.61 Å². The van der Waals surface area contributed by atoms with Crippen LogP contribution in [-0.2, 0) is 11.3 Å². The molecule has 0 aliphatic rings. The summed E-state index contributed by atoms with van der Waals surface area (Å²) < 4.78 is 7.73. The van der Waals surface area contributed by atoms with Gasteiger partial charge in [-0.05, 0) is 43.3 Å². The van der Waals surface area contributed by atoms with Gasteiger partial charge in [-0.15, -0.1) is 5.10 Å². The molecule has 0 aliphatic heterocycles. The SMILES string of the molecule is C[C@@H](CO)NC(=O)Cn1c(-c2ccco2)nn(-c2ccc(Cl)cc2)c1=O. The Morgan fingerprint density at radius 3 is 2.69 bits per heavy atom. The number of amides is 1. The summed E-state index contributed by atoms with van der Waals surface area (Å²) in [4.78, 5) is 25.0. The first-order valence-electron chi connectivity index (χ1n) is 7.89. The summed E-state index contributed by atoms with van der Waals surface area (Å²) in [5.41, 5.74) is 0.0145. The van der Waals surface area contributed by atoms with Gasteiger partial charge < -0.3 is 14.8 Å². The summed E-state index contributed by atoms with van der Waals surface area (Å²) in [6.07, 6.45) is 1.46. The van der Waals surface area contributed by atoms with Gasteiger partial charge in [-0.1, -0.05) is 11.6 Å². The van der Waals surface area contributed by atoms with E-state index in [4.69, 9.17) is 21.1 Å². The number of carbonyl (C=O) groups is 1. The zero-order valence-electron chi connectivity index (χ0n) is 13.9. The molecule has 8 nitrogen and oxygen atoms in total. The van der Waals surface area contributed by atoms with Gasteiger partial charge in [0.1, 0.15) is 6.54 Å². The van der Waals surface area contributed by atoms with Crippen LogP contribution in [0.2, 0.25) is 5.02 Å². The van der Waals surface area contributed by atoms with Gasteiger partial charge >= 0.3 is 5.69 Å². The van der Waals surface area contributed by atoms with E-state index in [-0.39, 0.29) is 19.0 Å². The van der Waals surface area contributed by atoms with Crippen molar-refractivity contribution >= 4 is 17.5 Å². The number of aromatic nitrogens is 3. The molecule has 0 saturated heterocycles. The Hall–Kier alpha value is -2.84. The number of hydrogen-bond acceptors (Lipinski definition) is 5. The lowest BCUT2D eigenvalue weighted by Gasteiger charge is -2.11. The van der Waals surface area contributed by atoms with Crippen molar-refractivity contribution in [1.82, 2.24) is 19.7 Å². The van der Waals surface area contributed by atoms with E-state index < -0.39 is 17.6 Å². The van der Waals surface area contributed by atoms with E-state index in [1.54, 1.807) is 43.3 Å². The first-order chi connectivity index (χ1) is 12.5. The molecule has 2 N–H and O–H groups in total. The van der Waals surface area contributed by atoms with Crippen LogP contribution in [-0.4, -0.2) is 38.0 Å². The molecule has 9 heteroatoms. The number of carbonyl (C=O) groups excluding carboxylic acids is 1. The topological polar surface area (TPSA) is 102 Å². The predicted molar refractivity (Wildman–Crippen MR) is 95.2 cm³/mol. The smallest absolute Gasteiger partial charge is 0.351 e. The molecule has 0 unspecified atom stereocenters. The molecule has 2 heterocycles. The molecule has 1 amide bonds. The third kappa shape index (κ3) is 3.71. The predicted octanol–water partition coefficient (Wildman–Crippen LogP) is 1.44. The number of aliphatic hydroxyl groups excluding tert-OH is 1. The minimum atomic E-state index is -0.495. The zero-order chi connectivity index (χ0) is 18.7. The lowest BCUT2D eigenvalue weighted by atomic mass is 10.3. The van der Waals surface area contributed by atoms with E-state index in [1.807, 2.05) is 0 Å². The number of nitrogens with zero attached hydrogens (tertiary/aromatic N) is 3. The summed E-state index contributed by atoms with van der Waals surface area (Å²) in [6, 6.07) is 9.49. The summed E-state index contributed by atoms with van der Waals surface area (Å²) in [6.45, 7) is 1.20. The zero-order valence-corrected chi connectivity index (χ0v) is 14.7. The van der Waals surface area contributed by atoms with Crippen molar-refractivity contribution in [3.05, 3.63) is 58.2 Å². The Balaban J connectivity index is 2.03. The Kier molecular flexibility index (Phi) is 5.24. The Labute approximate surface area is 153 Å². The number of nitrogens with one attached hydrogen (secondary N) is 1. The van der Waals surface area contributed by atoms with Crippen LogP contribution in [0.1, 0.15) is 6.92 Å². The summed E-state index contributed by atoms with van der Waals surface area (Å²) >= 11 is 5.89. The normalized spacial score (nSPS) is 12.1. The van der Waals surface area contributed by atoms with Crippen molar-refractivity contribution in [2.24, 2.45) is 0 Å². The average Bonchev–Trinajstić information content (AvgIpc) is 3.25. The fraction of sp³-hybridized carbons (Fsp3) is 0.235. The fourth-order valence-corrected chi connectivity index (χ4v) is 2.51. The highest BCUT2D eigenvalue weighted by Crippen LogP contribution is 2.18. The van der Waals surface area contributed by atoms with Gasteiger partial charge in [-0.25, -0.2) is 4.79 Å². The van der Waals surface area contributed by atoms with Crippen molar-refractivity contribution in [3.63, 3.8) is 0 Å². The van der Waals surface area contributed by atoms with E-state index in [2.05, 4.69) is 10.4 Å². The second-order valence-corrected chi connectivity index (χ2v) is 6.15. The molecule has 0 saturated carbocycles. The van der Waals surface area contributed by atoms with Crippen molar-refractivity contribution < 1.29 is 14.3 Å². The monoisotopic (exact) mass is 376 g/mol. The van der Waals surface area contributed by atoms with Crippen LogP contribution >= 0.6 is 11.6 Å². The second kappa shape index (κ2) is 7.59. The van der Waals surface area contributed by atoms with Gasteiger partial charge in [0.05, 0.1) is 18.6 Å². The lowest BCUT2D eigenvalue weighted by molar-refractivity contribution is -0.122. The van der Waals surface area contributed by atoms with E-state index in [0.29, 0.717) is 16.5 Å². The molecule has 136 valence electrons. The van der Waals surface area contributed by atoms with E-state index in [0.717, 1.165) is 0 Å². The Morgan fingerprint density at radius 1 is 1.35 bits per heavy atom. The van der Waals surface area contributed by atoms with Gasteiger partial charge in [0.2, 0.25) is 11.7 Å². The number of furan rings is 1. The minimum Gasteiger partial charge on any atom is -0.461 e. The molecule has 1 aromatic carbocycles. The van der Waals surface area contributed by atoms with Crippen molar-refractivity contribution in [2.45, 2.75) is 19.5 Å². The number of hydrogen-bond donors (Lipinski definition) is 2. The van der Waals surface area contributed by atoms with E-state index >= 15 is 0 Å². The minimum absolute atomic E-state index is 0.199. The number of rotatable bonds is 6. The van der Waals surface area contributed by atoms with Crippen LogP contribution in [0.5, 0.6) is 0 Å². The maximum Gasteiger partial charge on any atom is 0.351 e. The highest BCUT2D eigenvalue weighted by atomic mass is 35.5. The summed E-state index contributed by atoms with van der Waals surface area (Å²) in [5.74, 6) is 0.164. The number of benzene rings is 1. The standard InChI is InChI=1S/C17H17ClN4O4/c1-11(10-23)19-15(24)9-21-16(14-3-2-8-26-14)20-22(17(21)25)13-6-4-12(18)5-7-13/h2-8,11,23H,9-10H2,1H3,(H,19,24)/t11-/m0/s1. The third-order valence-electron chi connectivity index (χ3n) is 3.66. The van der Waals surface area contributed by atoms with Crippen LogP contribution in [0.3, 0.4) is 0 Å². The van der Waals surface area contributed by atoms with Gasteiger partial charge in [0.15, 0.2) is 5.76 Å². The molecule has 0 fully saturated rings. The molecule has 0 radical (unpaired) electrons. The first kappa shape index (κ1) is 18.0. The third-order valence-corrected chi connectivity index (χ3v) is 3.91. The number of aliphatic hydroxyl groups is 1. The maximum absolute atomic E-state index is 12.8. The van der Waals surface area contributed by atoms with Crippen molar-refractivity contribution in [3.8, 4) is 17.3 Å². The molecule has 26 heavy (non-hydrogen) atoms. The maximum atomic E-state index is 12.8. The van der Waals surface area contributed by atoms with Crippen LogP contribution in [0.25, 0.3) is 17.3 Å².